The van der Waals surface area contributed by atoms with Gasteiger partial charge in [0.15, 0.2) is 0 Å². The molecule has 1 aliphatic rings. The Morgan fingerprint density at radius 1 is 0.812 bits per heavy atom. The third-order valence-corrected chi connectivity index (χ3v) is 6.06. The molecule has 1 aliphatic heterocycles. The molecule has 0 aliphatic carbocycles. The second-order valence-electron chi connectivity index (χ2n) is 8.82. The van der Waals surface area contributed by atoms with Crippen molar-refractivity contribution >= 4 is 5.91 Å². The van der Waals surface area contributed by atoms with Crippen LogP contribution in [-0.2, 0) is 13.2 Å². The van der Waals surface area contributed by atoms with Crippen LogP contribution in [-0.4, -0.2) is 41.9 Å². The van der Waals surface area contributed by atoms with E-state index in [4.69, 9.17) is 4.74 Å². The molecule has 0 saturated carbocycles. The van der Waals surface area contributed by atoms with Gasteiger partial charge in [0.2, 0.25) is 0 Å². The molecule has 3 aromatic rings. The lowest BCUT2D eigenvalue weighted by molar-refractivity contribution is 0.0628. The number of carbonyl (C=O) groups is 1. The first-order chi connectivity index (χ1) is 15.5. The van der Waals surface area contributed by atoms with E-state index < -0.39 is 0 Å². The molecule has 0 unspecified atom stereocenters. The summed E-state index contributed by atoms with van der Waals surface area (Å²) in [5.74, 6) is 1.00. The van der Waals surface area contributed by atoms with Crippen LogP contribution in [0.2, 0.25) is 0 Å². The molecule has 1 saturated heterocycles. The van der Waals surface area contributed by atoms with E-state index in [0.29, 0.717) is 6.61 Å². The molecule has 4 nitrogen and oxygen atoms in total. The predicted octanol–water partition coefficient (Wildman–Crippen LogP) is 5.15. The van der Waals surface area contributed by atoms with Crippen molar-refractivity contribution in [3.05, 3.63) is 100 Å². The Hall–Kier alpha value is -3.11. The van der Waals surface area contributed by atoms with E-state index in [-0.39, 0.29) is 5.91 Å². The largest absolute Gasteiger partial charge is 0.489 e. The van der Waals surface area contributed by atoms with Crippen LogP contribution in [0, 0.1) is 20.8 Å². The Balaban J connectivity index is 1.33. The second-order valence-corrected chi connectivity index (χ2v) is 8.82. The van der Waals surface area contributed by atoms with Gasteiger partial charge in [0.05, 0.1) is 0 Å². The van der Waals surface area contributed by atoms with Crippen molar-refractivity contribution in [3.8, 4) is 5.75 Å². The Bertz CT molecular complexity index is 1080. The minimum Gasteiger partial charge on any atom is -0.489 e. The predicted molar refractivity (Wildman–Crippen MR) is 129 cm³/mol. The van der Waals surface area contributed by atoms with Crippen molar-refractivity contribution in [2.75, 3.05) is 26.2 Å². The van der Waals surface area contributed by atoms with E-state index in [1.807, 2.05) is 36.1 Å². The quantitative estimate of drug-likeness (QED) is 0.544. The van der Waals surface area contributed by atoms with Crippen LogP contribution in [0.4, 0.5) is 0 Å². The number of carbonyl (C=O) groups excluding carboxylic acids is 1. The topological polar surface area (TPSA) is 32.8 Å². The maximum absolute atomic E-state index is 13.1. The molecule has 1 heterocycles. The van der Waals surface area contributed by atoms with Gasteiger partial charge in [-0.15, -0.1) is 0 Å². The molecule has 0 atom stereocenters. The van der Waals surface area contributed by atoms with Crippen molar-refractivity contribution < 1.29 is 9.53 Å². The Labute approximate surface area is 191 Å². The molecule has 0 bridgehead atoms. The van der Waals surface area contributed by atoms with Gasteiger partial charge in [-0.2, -0.15) is 0 Å². The van der Waals surface area contributed by atoms with Gasteiger partial charge in [-0.3, -0.25) is 9.69 Å². The molecule has 0 N–H and O–H groups in total. The molecule has 0 spiro atoms. The number of benzene rings is 3. The number of hydrogen-bond donors (Lipinski definition) is 0. The highest BCUT2D eigenvalue weighted by molar-refractivity contribution is 5.94. The molecule has 4 rings (SSSR count). The highest BCUT2D eigenvalue weighted by Crippen LogP contribution is 2.21. The summed E-state index contributed by atoms with van der Waals surface area (Å²) in [6.45, 7) is 10.9. The van der Waals surface area contributed by atoms with E-state index in [2.05, 4.69) is 61.2 Å². The highest BCUT2D eigenvalue weighted by Gasteiger charge is 2.22. The third kappa shape index (κ3) is 5.57. The molecule has 32 heavy (non-hydrogen) atoms. The molecule has 1 fully saturated rings. The van der Waals surface area contributed by atoms with Crippen LogP contribution >= 0.6 is 0 Å². The fraction of sp³-hybridized carbons (Fsp3) is 0.321. The van der Waals surface area contributed by atoms with E-state index >= 15 is 0 Å². The third-order valence-electron chi connectivity index (χ3n) is 6.06. The molecule has 3 aromatic carbocycles. The van der Waals surface area contributed by atoms with E-state index in [0.717, 1.165) is 55.2 Å². The average Bonchev–Trinajstić information content (AvgIpc) is 2.80. The van der Waals surface area contributed by atoms with Crippen LogP contribution in [0.5, 0.6) is 5.75 Å². The minimum atomic E-state index is 0.105. The molecule has 0 radical (unpaired) electrons. The molecule has 4 heteroatoms. The number of hydrogen-bond acceptors (Lipinski definition) is 3. The second kappa shape index (κ2) is 10.0. The maximum atomic E-state index is 13.1. The summed E-state index contributed by atoms with van der Waals surface area (Å²) in [6, 6.07) is 22.7. The summed E-state index contributed by atoms with van der Waals surface area (Å²) in [4.78, 5) is 17.5. The lowest BCUT2D eigenvalue weighted by Crippen LogP contribution is -2.48. The Morgan fingerprint density at radius 3 is 2.31 bits per heavy atom. The van der Waals surface area contributed by atoms with Gasteiger partial charge >= 0.3 is 0 Å². The first-order valence-corrected chi connectivity index (χ1v) is 11.3. The fourth-order valence-corrected chi connectivity index (χ4v) is 4.18. The fourth-order valence-electron chi connectivity index (χ4n) is 4.18. The summed E-state index contributed by atoms with van der Waals surface area (Å²) in [7, 11) is 0. The van der Waals surface area contributed by atoms with E-state index in [1.165, 1.54) is 16.7 Å². The number of aryl methyl sites for hydroxylation is 3. The number of amides is 1. The molecule has 166 valence electrons. The zero-order valence-electron chi connectivity index (χ0n) is 19.3. The summed E-state index contributed by atoms with van der Waals surface area (Å²) >= 11 is 0. The number of rotatable bonds is 6. The highest BCUT2D eigenvalue weighted by atomic mass is 16.5. The van der Waals surface area contributed by atoms with Gasteiger partial charge in [-0.25, -0.2) is 0 Å². The van der Waals surface area contributed by atoms with Gasteiger partial charge in [-0.1, -0.05) is 54.1 Å². The smallest absolute Gasteiger partial charge is 0.253 e. The first-order valence-electron chi connectivity index (χ1n) is 11.3. The van der Waals surface area contributed by atoms with Crippen molar-refractivity contribution in [3.63, 3.8) is 0 Å². The van der Waals surface area contributed by atoms with Crippen LogP contribution in [0.25, 0.3) is 0 Å². The lowest BCUT2D eigenvalue weighted by Gasteiger charge is -2.35. The van der Waals surface area contributed by atoms with Gasteiger partial charge in [0.25, 0.3) is 5.91 Å². The summed E-state index contributed by atoms with van der Waals surface area (Å²) in [6.07, 6.45) is 0. The number of piperazine rings is 1. The van der Waals surface area contributed by atoms with Gasteiger partial charge in [-0.05, 0) is 61.2 Å². The monoisotopic (exact) mass is 428 g/mol. The average molecular weight is 429 g/mol. The standard InChI is InChI=1S/C28H32N2O2/c1-21-6-4-7-24(16-21)19-29-12-14-30(15-13-29)28(31)26-9-5-8-25(18-26)20-32-27-17-22(2)10-11-23(27)3/h4-11,16-18H,12-15,19-20H2,1-3H3. The van der Waals surface area contributed by atoms with Crippen molar-refractivity contribution in [1.82, 2.24) is 9.80 Å². The Morgan fingerprint density at radius 2 is 1.53 bits per heavy atom. The molecular formula is C28H32N2O2. The SMILES string of the molecule is Cc1cccc(CN2CCN(C(=O)c3cccc(COc4cc(C)ccc4C)c3)CC2)c1. The molecular weight excluding hydrogens is 396 g/mol. The number of ether oxygens (including phenoxy) is 1. The van der Waals surface area contributed by atoms with Crippen molar-refractivity contribution in [2.24, 2.45) is 0 Å². The lowest BCUT2D eigenvalue weighted by atomic mass is 10.1. The van der Waals surface area contributed by atoms with Crippen LogP contribution in [0.1, 0.15) is 38.2 Å². The minimum absolute atomic E-state index is 0.105. The van der Waals surface area contributed by atoms with E-state index in [1.54, 1.807) is 0 Å². The van der Waals surface area contributed by atoms with Crippen molar-refractivity contribution in [1.29, 1.82) is 0 Å². The van der Waals surface area contributed by atoms with Crippen molar-refractivity contribution in [2.45, 2.75) is 33.9 Å². The summed E-state index contributed by atoms with van der Waals surface area (Å²) < 4.78 is 6.03. The normalized spacial score (nSPS) is 14.4. The summed E-state index contributed by atoms with van der Waals surface area (Å²) in [5, 5.41) is 0. The molecule has 1 amide bonds. The van der Waals surface area contributed by atoms with Gasteiger partial charge in [0, 0.05) is 38.3 Å². The van der Waals surface area contributed by atoms with Crippen LogP contribution in [0.15, 0.2) is 66.7 Å². The van der Waals surface area contributed by atoms with Crippen LogP contribution in [0.3, 0.4) is 0 Å². The summed E-state index contributed by atoms with van der Waals surface area (Å²) in [5.41, 5.74) is 6.66. The van der Waals surface area contributed by atoms with E-state index in [9.17, 15) is 4.79 Å². The zero-order chi connectivity index (χ0) is 22.5. The number of nitrogens with zero attached hydrogens (tertiary/aromatic N) is 2. The molecule has 0 aromatic heterocycles. The van der Waals surface area contributed by atoms with Gasteiger partial charge < -0.3 is 9.64 Å². The maximum Gasteiger partial charge on any atom is 0.253 e. The zero-order valence-corrected chi connectivity index (χ0v) is 19.3. The van der Waals surface area contributed by atoms with Gasteiger partial charge in [0.1, 0.15) is 12.4 Å². The Kier molecular flexibility index (Phi) is 6.91. The first kappa shape index (κ1) is 22.1. The van der Waals surface area contributed by atoms with Crippen LogP contribution < -0.4 is 4.74 Å².